The molecule has 0 saturated heterocycles. The first-order valence-corrected chi connectivity index (χ1v) is 21.0. The van der Waals surface area contributed by atoms with Crippen molar-refractivity contribution in [3.8, 4) is 0 Å². The molecule has 8 aliphatic carbocycles. The Kier molecular flexibility index (Phi) is 10.1. The van der Waals surface area contributed by atoms with Crippen LogP contribution in [0.5, 0.6) is 0 Å². The summed E-state index contributed by atoms with van der Waals surface area (Å²) in [7, 11) is 0. The molecule has 0 heterocycles. The number of carbonyl (C=O) groups is 5. The molecular formula is C44H66O8. The summed E-state index contributed by atoms with van der Waals surface area (Å²) in [4.78, 5) is 62.9. The highest BCUT2D eigenvalue weighted by Crippen LogP contribution is 2.68. The maximum Gasteiger partial charge on any atom is 0.303 e. The van der Waals surface area contributed by atoms with Crippen molar-refractivity contribution in [3.05, 3.63) is 0 Å². The maximum atomic E-state index is 13.5. The molecule has 0 aromatic heterocycles. The molecule has 290 valence electrons. The highest BCUT2D eigenvalue weighted by molar-refractivity contribution is 5.89. The van der Waals surface area contributed by atoms with Crippen LogP contribution in [-0.4, -0.2) is 58.1 Å². The number of esters is 1. The maximum absolute atomic E-state index is 13.5. The third-order valence-electron chi connectivity index (χ3n) is 17.9. The monoisotopic (exact) mass is 722 g/mol. The van der Waals surface area contributed by atoms with Crippen molar-refractivity contribution in [2.75, 3.05) is 6.61 Å². The number of ether oxygens (including phenoxy) is 1. The van der Waals surface area contributed by atoms with Gasteiger partial charge in [-0.05, 0) is 154 Å². The highest BCUT2D eigenvalue weighted by atomic mass is 16.5. The first-order chi connectivity index (χ1) is 24.4. The zero-order valence-corrected chi connectivity index (χ0v) is 32.8. The third-order valence-corrected chi connectivity index (χ3v) is 17.9. The minimum atomic E-state index is -0.432. The molecular weight excluding hydrogens is 656 g/mol. The summed E-state index contributed by atoms with van der Waals surface area (Å²) in [6.45, 7) is 11.9. The topological polar surface area (TPSA) is 135 Å². The molecule has 8 heteroatoms. The zero-order valence-electron chi connectivity index (χ0n) is 32.8. The number of aliphatic hydroxyl groups excluding tert-OH is 2. The predicted octanol–water partition coefficient (Wildman–Crippen LogP) is 7.09. The normalized spacial score (nSPS) is 50.5. The lowest BCUT2D eigenvalue weighted by Crippen LogP contribution is -2.58. The molecule has 0 unspecified atom stereocenters. The molecule has 8 rings (SSSR count). The molecule has 0 aromatic carbocycles. The molecule has 0 amide bonds. The molecule has 8 fully saturated rings. The second-order valence-corrected chi connectivity index (χ2v) is 20.3. The van der Waals surface area contributed by atoms with Crippen LogP contribution < -0.4 is 0 Å². The zero-order chi connectivity index (χ0) is 37.5. The fourth-order valence-corrected chi connectivity index (χ4v) is 15.6. The van der Waals surface area contributed by atoms with Gasteiger partial charge in [0.25, 0.3) is 0 Å². The largest absolute Gasteiger partial charge is 0.458 e. The molecule has 52 heavy (non-hydrogen) atoms. The Labute approximate surface area is 311 Å². The lowest BCUT2D eigenvalue weighted by atomic mass is 9.44. The van der Waals surface area contributed by atoms with Gasteiger partial charge in [-0.1, -0.05) is 27.7 Å². The van der Waals surface area contributed by atoms with Gasteiger partial charge in [-0.2, -0.15) is 0 Å². The number of carbonyl (C=O) groups excluding carboxylic acids is 5. The van der Waals surface area contributed by atoms with Gasteiger partial charge in [-0.15, -0.1) is 0 Å². The number of hydrogen-bond donors (Lipinski definition) is 2. The molecule has 0 aromatic rings. The Hall–Kier alpha value is -1.93. The van der Waals surface area contributed by atoms with Crippen LogP contribution in [0.4, 0.5) is 0 Å². The van der Waals surface area contributed by atoms with E-state index in [1.807, 2.05) is 0 Å². The van der Waals surface area contributed by atoms with Gasteiger partial charge in [-0.3, -0.25) is 24.0 Å². The first-order valence-electron chi connectivity index (χ1n) is 21.0. The number of ketones is 4. The molecule has 0 aliphatic heterocycles. The summed E-state index contributed by atoms with van der Waals surface area (Å²) in [5.41, 5.74) is -0.316. The molecule has 0 spiro atoms. The summed E-state index contributed by atoms with van der Waals surface area (Å²) < 4.78 is 4.97. The molecule has 0 radical (unpaired) electrons. The first kappa shape index (κ1) is 38.3. The van der Waals surface area contributed by atoms with Crippen LogP contribution in [0.15, 0.2) is 0 Å². The van der Waals surface area contributed by atoms with E-state index < -0.39 is 5.97 Å². The van der Waals surface area contributed by atoms with Gasteiger partial charge >= 0.3 is 5.97 Å². The Morgan fingerprint density at radius 2 is 1.06 bits per heavy atom. The van der Waals surface area contributed by atoms with Crippen LogP contribution >= 0.6 is 0 Å². The Morgan fingerprint density at radius 3 is 1.50 bits per heavy atom. The Morgan fingerprint density at radius 1 is 0.615 bits per heavy atom. The van der Waals surface area contributed by atoms with Crippen molar-refractivity contribution >= 4 is 29.1 Å². The summed E-state index contributed by atoms with van der Waals surface area (Å²) in [6, 6.07) is 0. The van der Waals surface area contributed by atoms with Gasteiger partial charge in [0.1, 0.15) is 24.0 Å². The summed E-state index contributed by atoms with van der Waals surface area (Å²) in [6.07, 6.45) is 14.3. The van der Waals surface area contributed by atoms with E-state index >= 15 is 0 Å². The van der Waals surface area contributed by atoms with Gasteiger partial charge in [-0.25, -0.2) is 0 Å². The SMILES string of the molecule is CC(=O)OCC(=O)[C@H]1CC[C@H]2[C@@H]3CC[C@H]4C[C@H](O)CC[C@]4(C)[C@H]3C(=O)C[C@]12C.CC(=O)[C@H]1CC[C@H]2[C@@H]3CC[C@H]4C[C@H](O)CC[C@]4(C)[C@H]3C(=O)C[C@]12C. The quantitative estimate of drug-likeness (QED) is 0.294. The second kappa shape index (κ2) is 13.7. The van der Waals surface area contributed by atoms with Crippen LogP contribution in [0.3, 0.4) is 0 Å². The highest BCUT2D eigenvalue weighted by Gasteiger charge is 2.65. The molecule has 16 atom stereocenters. The van der Waals surface area contributed by atoms with E-state index in [9.17, 15) is 34.2 Å². The van der Waals surface area contributed by atoms with Crippen molar-refractivity contribution in [1.82, 2.24) is 0 Å². The number of fused-ring (bicyclic) bond motifs is 10. The number of Topliss-reactive ketones (excluding diaryl/α,β-unsaturated/α-hetero) is 4. The smallest absolute Gasteiger partial charge is 0.303 e. The number of aliphatic hydroxyl groups is 2. The number of hydrogen-bond acceptors (Lipinski definition) is 8. The van der Waals surface area contributed by atoms with Crippen LogP contribution in [-0.2, 0) is 28.7 Å². The second-order valence-electron chi connectivity index (χ2n) is 20.3. The van der Waals surface area contributed by atoms with Crippen molar-refractivity contribution in [2.45, 2.75) is 156 Å². The van der Waals surface area contributed by atoms with E-state index in [4.69, 9.17) is 4.74 Å². The van der Waals surface area contributed by atoms with Crippen molar-refractivity contribution < 1.29 is 38.9 Å². The summed E-state index contributed by atoms with van der Waals surface area (Å²) in [5, 5.41) is 20.2. The number of rotatable bonds is 4. The fraction of sp³-hybridized carbons (Fsp3) is 0.886. The van der Waals surface area contributed by atoms with E-state index in [2.05, 4.69) is 27.7 Å². The van der Waals surface area contributed by atoms with Crippen molar-refractivity contribution in [1.29, 1.82) is 0 Å². The summed E-state index contributed by atoms with van der Waals surface area (Å²) in [5.74, 6) is 3.46. The van der Waals surface area contributed by atoms with Crippen LogP contribution in [0.1, 0.15) is 144 Å². The average Bonchev–Trinajstić information content (AvgIpc) is 3.60. The van der Waals surface area contributed by atoms with E-state index in [0.717, 1.165) is 89.9 Å². The lowest BCUT2D eigenvalue weighted by Gasteiger charge is -2.59. The standard InChI is InChI=1S/C23H34O5.C21H32O3/c1-13(24)28-12-20(27)18-7-6-17-16-5-4-14-10-15(25)8-9-22(14,2)21(16)19(26)11-23(17,18)3;1-12(22)16-6-7-17-15-5-4-13-10-14(23)8-9-20(13,2)19(15)18(24)11-21(16,17)3/h14-18,21,25H,4-12H2,1-3H3;13-17,19,23H,4-11H2,1-3H3/t14-,15+,16-,17-,18+,21+,22-,23-;13-,14+,15-,16+,17-,19+,20-,21+/m00/s1. The van der Waals surface area contributed by atoms with Gasteiger partial charge < -0.3 is 14.9 Å². The minimum Gasteiger partial charge on any atom is -0.458 e. The molecule has 8 saturated carbocycles. The van der Waals surface area contributed by atoms with E-state index in [1.165, 1.54) is 6.92 Å². The van der Waals surface area contributed by atoms with Crippen molar-refractivity contribution in [2.24, 2.45) is 80.8 Å². The average molecular weight is 723 g/mol. The predicted molar refractivity (Wildman–Crippen MR) is 196 cm³/mol. The minimum absolute atomic E-state index is 0.000393. The fourth-order valence-electron chi connectivity index (χ4n) is 15.6. The van der Waals surface area contributed by atoms with E-state index in [0.29, 0.717) is 59.9 Å². The van der Waals surface area contributed by atoms with Crippen molar-refractivity contribution in [3.63, 3.8) is 0 Å². The lowest BCUT2D eigenvalue weighted by molar-refractivity contribution is -0.164. The van der Waals surface area contributed by atoms with Gasteiger partial charge in [0.15, 0.2) is 5.78 Å². The Bertz CT molecular complexity index is 1470. The summed E-state index contributed by atoms with van der Waals surface area (Å²) >= 11 is 0. The van der Waals surface area contributed by atoms with Crippen LogP contribution in [0, 0.1) is 80.8 Å². The van der Waals surface area contributed by atoms with Gasteiger partial charge in [0, 0.05) is 43.4 Å². The van der Waals surface area contributed by atoms with Gasteiger partial charge in [0.2, 0.25) is 0 Å². The van der Waals surface area contributed by atoms with Crippen LogP contribution in [0.25, 0.3) is 0 Å². The molecule has 8 aliphatic rings. The molecule has 8 nitrogen and oxygen atoms in total. The van der Waals surface area contributed by atoms with E-state index in [-0.39, 0.29) is 75.7 Å². The van der Waals surface area contributed by atoms with Gasteiger partial charge in [0.05, 0.1) is 12.2 Å². The molecule has 2 N–H and O–H groups in total. The Balaban J connectivity index is 0.000000164. The van der Waals surface area contributed by atoms with Crippen LogP contribution in [0.2, 0.25) is 0 Å². The third kappa shape index (κ3) is 6.01. The van der Waals surface area contributed by atoms with E-state index in [1.54, 1.807) is 6.92 Å². The molecule has 0 bridgehead atoms.